The molecule has 0 unspecified atom stereocenters. The number of fused-ring (bicyclic) bond motifs is 2. The summed E-state index contributed by atoms with van der Waals surface area (Å²) < 4.78 is 11.1. The maximum atomic E-state index is 13.6. The van der Waals surface area contributed by atoms with E-state index in [2.05, 4.69) is 12.5 Å². The topological polar surface area (TPSA) is 55.8 Å². The van der Waals surface area contributed by atoms with E-state index >= 15 is 0 Å². The summed E-state index contributed by atoms with van der Waals surface area (Å²) in [7, 11) is 1.51. The third kappa shape index (κ3) is 2.64. The Kier molecular flexibility index (Phi) is 4.57. The van der Waals surface area contributed by atoms with Crippen LogP contribution in [0, 0.1) is 12.3 Å². The number of terminal acetylenes is 1. The highest BCUT2D eigenvalue weighted by atomic mass is 35.5. The van der Waals surface area contributed by atoms with Crippen LogP contribution in [-0.4, -0.2) is 25.5 Å². The molecule has 0 aliphatic carbocycles. The van der Waals surface area contributed by atoms with Crippen molar-refractivity contribution in [1.82, 2.24) is 0 Å². The van der Waals surface area contributed by atoms with Gasteiger partial charge in [0.2, 0.25) is 5.60 Å². The fourth-order valence-corrected chi connectivity index (χ4v) is 4.52. The molecule has 0 aromatic heterocycles. The van der Waals surface area contributed by atoms with Gasteiger partial charge < -0.3 is 9.47 Å². The standard InChI is InChI=1S/C22H15Cl2NO4/c1-4-9-25-18-8-6-14(28-3)11-16(18)22(21(25)27)19(12(2)20(26)29-22)15-7-5-13(23)10-17(15)24/h1,5-8,10-11,19H,2,9H2,3H3/t19-,22-/m0/s1. The predicted molar refractivity (Wildman–Crippen MR) is 110 cm³/mol. The van der Waals surface area contributed by atoms with E-state index in [0.717, 1.165) is 0 Å². The molecule has 1 amide bonds. The lowest BCUT2D eigenvalue weighted by Gasteiger charge is -2.29. The van der Waals surface area contributed by atoms with Crippen LogP contribution in [0.3, 0.4) is 0 Å². The van der Waals surface area contributed by atoms with Crippen molar-refractivity contribution >= 4 is 40.8 Å². The molecule has 146 valence electrons. The SMILES string of the molecule is C#CCN1C(=O)[C@]2(OC(=O)C(=C)[C@H]2c2ccc(Cl)cc2Cl)c2cc(OC)ccc21. The molecule has 29 heavy (non-hydrogen) atoms. The van der Waals surface area contributed by atoms with Crippen molar-refractivity contribution in [3.05, 3.63) is 69.7 Å². The number of ether oxygens (including phenoxy) is 2. The zero-order valence-electron chi connectivity index (χ0n) is 15.4. The van der Waals surface area contributed by atoms with E-state index in [1.165, 1.54) is 12.0 Å². The molecule has 0 bridgehead atoms. The molecule has 0 saturated carbocycles. The van der Waals surface area contributed by atoms with Gasteiger partial charge in [-0.15, -0.1) is 6.42 Å². The molecule has 2 atom stereocenters. The first kappa shape index (κ1) is 19.4. The molecule has 2 aromatic rings. The van der Waals surface area contributed by atoms with Crippen LogP contribution in [0.2, 0.25) is 10.0 Å². The van der Waals surface area contributed by atoms with Gasteiger partial charge in [-0.05, 0) is 35.9 Å². The van der Waals surface area contributed by atoms with E-state index in [4.69, 9.17) is 39.1 Å². The van der Waals surface area contributed by atoms with Crippen LogP contribution >= 0.6 is 23.2 Å². The second-order valence-electron chi connectivity index (χ2n) is 6.73. The average Bonchev–Trinajstić information content (AvgIpc) is 3.09. The number of carbonyl (C=O) groups is 2. The summed E-state index contributed by atoms with van der Waals surface area (Å²) in [5, 5.41) is 0.728. The van der Waals surface area contributed by atoms with Gasteiger partial charge in [-0.3, -0.25) is 9.69 Å². The molecule has 4 rings (SSSR count). The zero-order chi connectivity index (χ0) is 20.9. The Bertz CT molecular complexity index is 1120. The van der Waals surface area contributed by atoms with E-state index < -0.39 is 23.4 Å². The van der Waals surface area contributed by atoms with Crippen LogP contribution in [0.15, 0.2) is 48.6 Å². The minimum atomic E-state index is -1.67. The molecule has 1 spiro atoms. The molecule has 5 nitrogen and oxygen atoms in total. The van der Waals surface area contributed by atoms with E-state index in [9.17, 15) is 9.59 Å². The largest absolute Gasteiger partial charge is 0.497 e. The van der Waals surface area contributed by atoms with Gasteiger partial charge in [0, 0.05) is 21.2 Å². The van der Waals surface area contributed by atoms with Crippen molar-refractivity contribution in [2.75, 3.05) is 18.6 Å². The predicted octanol–water partition coefficient (Wildman–Crippen LogP) is 4.07. The number of esters is 1. The van der Waals surface area contributed by atoms with Gasteiger partial charge in [0.25, 0.3) is 5.91 Å². The monoisotopic (exact) mass is 427 g/mol. The summed E-state index contributed by atoms with van der Waals surface area (Å²) >= 11 is 12.5. The molecule has 2 aliphatic rings. The van der Waals surface area contributed by atoms with E-state index in [-0.39, 0.29) is 12.1 Å². The first-order valence-corrected chi connectivity index (χ1v) is 9.41. The van der Waals surface area contributed by atoms with Crippen molar-refractivity contribution in [2.45, 2.75) is 11.5 Å². The van der Waals surface area contributed by atoms with Gasteiger partial charge in [0.1, 0.15) is 5.75 Å². The minimum absolute atomic E-state index is 0.0189. The number of hydrogen-bond acceptors (Lipinski definition) is 4. The van der Waals surface area contributed by atoms with Crippen LogP contribution in [-0.2, 0) is 19.9 Å². The van der Waals surface area contributed by atoms with Gasteiger partial charge in [-0.25, -0.2) is 4.79 Å². The second kappa shape index (κ2) is 6.84. The first-order valence-electron chi connectivity index (χ1n) is 8.66. The fourth-order valence-electron chi connectivity index (χ4n) is 4.00. The smallest absolute Gasteiger partial charge is 0.335 e. The lowest BCUT2D eigenvalue weighted by Crippen LogP contribution is -2.44. The van der Waals surface area contributed by atoms with Gasteiger partial charge >= 0.3 is 5.97 Å². The molecule has 0 radical (unpaired) electrons. The van der Waals surface area contributed by atoms with Gasteiger partial charge in [-0.1, -0.05) is 41.8 Å². The number of halogens is 2. The van der Waals surface area contributed by atoms with Crippen LogP contribution in [0.25, 0.3) is 0 Å². The van der Waals surface area contributed by atoms with Gasteiger partial charge in [0.15, 0.2) is 0 Å². The van der Waals surface area contributed by atoms with Crippen molar-refractivity contribution in [3.63, 3.8) is 0 Å². The zero-order valence-corrected chi connectivity index (χ0v) is 16.9. The number of hydrogen-bond donors (Lipinski definition) is 0. The normalized spacial score (nSPS) is 22.6. The average molecular weight is 428 g/mol. The van der Waals surface area contributed by atoms with Crippen molar-refractivity contribution in [2.24, 2.45) is 0 Å². The van der Waals surface area contributed by atoms with Crippen molar-refractivity contribution in [3.8, 4) is 18.1 Å². The van der Waals surface area contributed by atoms with Crippen LogP contribution < -0.4 is 9.64 Å². The van der Waals surface area contributed by atoms with E-state index in [0.29, 0.717) is 32.6 Å². The Morgan fingerprint density at radius 2 is 2.03 bits per heavy atom. The number of benzene rings is 2. The van der Waals surface area contributed by atoms with Crippen LogP contribution in [0.4, 0.5) is 5.69 Å². The maximum Gasteiger partial charge on any atom is 0.335 e. The number of anilines is 1. The van der Waals surface area contributed by atoms with E-state index in [1.807, 2.05) is 0 Å². The summed E-state index contributed by atoms with van der Waals surface area (Å²) in [6.45, 7) is 3.91. The maximum absolute atomic E-state index is 13.6. The number of amides is 1. The summed E-state index contributed by atoms with van der Waals surface area (Å²) in [5.41, 5.74) is -0.0197. The van der Waals surface area contributed by atoms with Gasteiger partial charge in [0.05, 0.1) is 25.3 Å². The third-order valence-electron chi connectivity index (χ3n) is 5.25. The Labute approximate surface area is 177 Å². The first-order chi connectivity index (χ1) is 13.8. The van der Waals surface area contributed by atoms with E-state index in [1.54, 1.807) is 36.4 Å². The summed E-state index contributed by atoms with van der Waals surface area (Å²) in [6, 6.07) is 9.96. The lowest BCUT2D eigenvalue weighted by atomic mass is 9.76. The number of carbonyl (C=O) groups excluding carboxylic acids is 2. The Balaban J connectivity index is 2.02. The molecule has 2 aliphatic heterocycles. The molecule has 2 aromatic carbocycles. The Hall–Kier alpha value is -2.94. The summed E-state index contributed by atoms with van der Waals surface area (Å²) in [4.78, 5) is 27.7. The number of nitrogens with zero attached hydrogens (tertiary/aromatic N) is 1. The van der Waals surface area contributed by atoms with Crippen molar-refractivity contribution < 1.29 is 19.1 Å². The van der Waals surface area contributed by atoms with Crippen molar-refractivity contribution in [1.29, 1.82) is 0 Å². The highest BCUT2D eigenvalue weighted by Gasteiger charge is 2.65. The number of rotatable bonds is 3. The van der Waals surface area contributed by atoms with Crippen LogP contribution in [0.1, 0.15) is 17.0 Å². The molecule has 2 heterocycles. The Morgan fingerprint density at radius 1 is 1.28 bits per heavy atom. The highest BCUT2D eigenvalue weighted by molar-refractivity contribution is 6.35. The second-order valence-corrected chi connectivity index (χ2v) is 7.57. The molecule has 7 heteroatoms. The highest BCUT2D eigenvalue weighted by Crippen LogP contribution is 2.58. The molecule has 0 N–H and O–H groups in total. The quantitative estimate of drug-likeness (QED) is 0.420. The minimum Gasteiger partial charge on any atom is -0.497 e. The molecular weight excluding hydrogens is 413 g/mol. The molecular formula is C22H15Cl2NO4. The number of methoxy groups -OCH3 is 1. The summed E-state index contributed by atoms with van der Waals surface area (Å²) in [5.74, 6) is 1.01. The van der Waals surface area contributed by atoms with Crippen LogP contribution in [0.5, 0.6) is 5.75 Å². The summed E-state index contributed by atoms with van der Waals surface area (Å²) in [6.07, 6.45) is 5.48. The molecule has 1 fully saturated rings. The molecule has 1 saturated heterocycles. The van der Waals surface area contributed by atoms with Gasteiger partial charge in [-0.2, -0.15) is 0 Å². The fraction of sp³-hybridized carbons (Fsp3) is 0.182. The Morgan fingerprint density at radius 3 is 2.69 bits per heavy atom. The lowest BCUT2D eigenvalue weighted by molar-refractivity contribution is -0.157. The third-order valence-corrected chi connectivity index (χ3v) is 5.81.